The monoisotopic (exact) mass is 308 g/mol. The number of nitrogens with zero attached hydrogens (tertiary/aromatic N) is 4. The molecule has 0 fully saturated rings. The average molecular weight is 308 g/mol. The van der Waals surface area contributed by atoms with Crippen LogP contribution < -0.4 is 0 Å². The molecule has 0 saturated carbocycles. The summed E-state index contributed by atoms with van der Waals surface area (Å²) in [6.45, 7) is 2.05. The predicted molar refractivity (Wildman–Crippen MR) is 89.1 cm³/mol. The number of benzene rings is 1. The van der Waals surface area contributed by atoms with Gasteiger partial charge >= 0.3 is 0 Å². The molecule has 1 N–H and O–H groups in total. The highest BCUT2D eigenvalue weighted by Crippen LogP contribution is 2.25. The van der Waals surface area contributed by atoms with Crippen molar-refractivity contribution in [2.75, 3.05) is 0 Å². The van der Waals surface area contributed by atoms with E-state index in [0.717, 1.165) is 23.4 Å². The van der Waals surface area contributed by atoms with Gasteiger partial charge in [-0.05, 0) is 42.7 Å². The first-order valence-corrected chi connectivity index (χ1v) is 7.88. The van der Waals surface area contributed by atoms with E-state index in [-0.39, 0.29) is 6.61 Å². The molecule has 5 heteroatoms. The van der Waals surface area contributed by atoms with E-state index < -0.39 is 0 Å². The molecule has 0 radical (unpaired) electrons. The zero-order valence-electron chi connectivity index (χ0n) is 13.2. The lowest BCUT2D eigenvalue weighted by Crippen LogP contribution is -2.00. The minimum atomic E-state index is -0.147. The van der Waals surface area contributed by atoms with Crippen molar-refractivity contribution >= 4 is 0 Å². The van der Waals surface area contributed by atoms with Gasteiger partial charge in [-0.3, -0.25) is 4.98 Å². The molecule has 23 heavy (non-hydrogen) atoms. The standard InChI is InChI=1S/C18H20N4O/c1-2-3-4-14-5-7-16(8-6-14)22-18(17(13-23)20-21-22)15-9-11-19-12-10-15/h5-12,23H,2-4,13H2,1H3. The van der Waals surface area contributed by atoms with Gasteiger partial charge in [-0.25, -0.2) is 4.68 Å². The maximum absolute atomic E-state index is 9.55. The molecule has 1 aromatic carbocycles. The number of pyridine rings is 1. The molecule has 0 unspecified atom stereocenters. The van der Waals surface area contributed by atoms with Gasteiger partial charge in [0.15, 0.2) is 0 Å². The van der Waals surface area contributed by atoms with E-state index in [1.807, 2.05) is 24.3 Å². The number of rotatable bonds is 6. The molecule has 0 aliphatic carbocycles. The number of aliphatic hydroxyl groups excluding tert-OH is 1. The summed E-state index contributed by atoms with van der Waals surface area (Å²) < 4.78 is 1.77. The van der Waals surface area contributed by atoms with Crippen LogP contribution >= 0.6 is 0 Å². The number of aliphatic hydroxyl groups is 1. The van der Waals surface area contributed by atoms with E-state index >= 15 is 0 Å². The molecule has 2 aromatic heterocycles. The van der Waals surface area contributed by atoms with Crippen molar-refractivity contribution in [2.45, 2.75) is 32.8 Å². The average Bonchev–Trinajstić information content (AvgIpc) is 3.05. The van der Waals surface area contributed by atoms with Gasteiger partial charge in [-0.1, -0.05) is 30.7 Å². The van der Waals surface area contributed by atoms with Crippen molar-refractivity contribution in [3.05, 3.63) is 60.0 Å². The van der Waals surface area contributed by atoms with Crippen molar-refractivity contribution in [3.63, 3.8) is 0 Å². The van der Waals surface area contributed by atoms with Crippen LogP contribution in [-0.4, -0.2) is 25.1 Å². The van der Waals surface area contributed by atoms with E-state index in [9.17, 15) is 5.11 Å². The van der Waals surface area contributed by atoms with E-state index in [4.69, 9.17) is 0 Å². The van der Waals surface area contributed by atoms with Crippen molar-refractivity contribution in [1.29, 1.82) is 0 Å². The normalized spacial score (nSPS) is 10.9. The van der Waals surface area contributed by atoms with Crippen LogP contribution in [-0.2, 0) is 13.0 Å². The molecule has 0 aliphatic rings. The number of unbranched alkanes of at least 4 members (excludes halogenated alkanes) is 1. The number of aromatic nitrogens is 4. The Kier molecular flexibility index (Phi) is 4.78. The second-order valence-corrected chi connectivity index (χ2v) is 5.46. The Morgan fingerprint density at radius 2 is 1.78 bits per heavy atom. The Labute approximate surface area is 135 Å². The molecule has 0 bridgehead atoms. The highest BCUT2D eigenvalue weighted by Gasteiger charge is 2.15. The van der Waals surface area contributed by atoms with Crippen LogP contribution in [0.15, 0.2) is 48.8 Å². The predicted octanol–water partition coefficient (Wildman–Crippen LogP) is 3.16. The van der Waals surface area contributed by atoms with Gasteiger partial charge in [-0.2, -0.15) is 0 Å². The number of aryl methyl sites for hydroxylation is 1. The third-order valence-corrected chi connectivity index (χ3v) is 3.84. The quantitative estimate of drug-likeness (QED) is 0.759. The summed E-state index contributed by atoms with van der Waals surface area (Å²) in [5.74, 6) is 0. The Balaban J connectivity index is 1.98. The Morgan fingerprint density at radius 1 is 1.04 bits per heavy atom. The molecule has 0 saturated heterocycles. The second kappa shape index (κ2) is 7.15. The van der Waals surface area contributed by atoms with Crippen LogP contribution in [0.5, 0.6) is 0 Å². The highest BCUT2D eigenvalue weighted by atomic mass is 16.3. The molecule has 0 amide bonds. The van der Waals surface area contributed by atoms with Gasteiger partial charge in [0, 0.05) is 18.0 Å². The highest BCUT2D eigenvalue weighted by molar-refractivity contribution is 5.63. The van der Waals surface area contributed by atoms with E-state index in [0.29, 0.717) is 5.69 Å². The number of hydrogen-bond donors (Lipinski definition) is 1. The van der Waals surface area contributed by atoms with Crippen molar-refractivity contribution in [2.24, 2.45) is 0 Å². The van der Waals surface area contributed by atoms with Crippen LogP contribution in [0.2, 0.25) is 0 Å². The zero-order valence-corrected chi connectivity index (χ0v) is 13.2. The smallest absolute Gasteiger partial charge is 0.117 e. The SMILES string of the molecule is CCCCc1ccc(-n2nnc(CO)c2-c2ccncc2)cc1. The summed E-state index contributed by atoms with van der Waals surface area (Å²) in [4.78, 5) is 4.04. The molecule has 0 atom stereocenters. The summed E-state index contributed by atoms with van der Waals surface area (Å²) in [7, 11) is 0. The molecule has 3 aromatic rings. The first-order valence-electron chi connectivity index (χ1n) is 7.88. The van der Waals surface area contributed by atoms with Crippen LogP contribution in [0.3, 0.4) is 0 Å². The first-order chi connectivity index (χ1) is 11.3. The van der Waals surface area contributed by atoms with Gasteiger partial charge in [0.2, 0.25) is 0 Å². The number of hydrogen-bond acceptors (Lipinski definition) is 4. The summed E-state index contributed by atoms with van der Waals surface area (Å²) in [6.07, 6.45) is 6.92. The lowest BCUT2D eigenvalue weighted by Gasteiger charge is -2.08. The van der Waals surface area contributed by atoms with Crippen LogP contribution in [0.25, 0.3) is 16.9 Å². The molecule has 0 aliphatic heterocycles. The molecule has 0 spiro atoms. The van der Waals surface area contributed by atoms with Gasteiger partial charge in [0.05, 0.1) is 12.3 Å². The molecule has 3 rings (SSSR count). The van der Waals surface area contributed by atoms with E-state index in [2.05, 4.69) is 34.4 Å². The third kappa shape index (κ3) is 3.29. The summed E-state index contributed by atoms with van der Waals surface area (Å²) in [5, 5.41) is 17.9. The van der Waals surface area contributed by atoms with Gasteiger partial charge in [-0.15, -0.1) is 5.10 Å². The van der Waals surface area contributed by atoms with Gasteiger partial charge in [0.25, 0.3) is 0 Å². The lowest BCUT2D eigenvalue weighted by molar-refractivity contribution is 0.277. The molecular weight excluding hydrogens is 288 g/mol. The fraction of sp³-hybridized carbons (Fsp3) is 0.278. The maximum atomic E-state index is 9.55. The summed E-state index contributed by atoms with van der Waals surface area (Å²) in [5.41, 5.74) is 4.55. The fourth-order valence-corrected chi connectivity index (χ4v) is 2.58. The Morgan fingerprint density at radius 3 is 2.43 bits per heavy atom. The minimum absolute atomic E-state index is 0.147. The first kappa shape index (κ1) is 15.4. The van der Waals surface area contributed by atoms with Crippen LogP contribution in [0.1, 0.15) is 31.0 Å². The van der Waals surface area contributed by atoms with Crippen molar-refractivity contribution in [1.82, 2.24) is 20.0 Å². The maximum Gasteiger partial charge on any atom is 0.117 e. The molecule has 5 nitrogen and oxygen atoms in total. The van der Waals surface area contributed by atoms with Gasteiger partial charge < -0.3 is 5.11 Å². The van der Waals surface area contributed by atoms with Crippen molar-refractivity contribution in [3.8, 4) is 16.9 Å². The summed E-state index contributed by atoms with van der Waals surface area (Å²) >= 11 is 0. The lowest BCUT2D eigenvalue weighted by atomic mass is 10.1. The summed E-state index contributed by atoms with van der Waals surface area (Å²) in [6, 6.07) is 12.1. The zero-order chi connectivity index (χ0) is 16.1. The fourth-order valence-electron chi connectivity index (χ4n) is 2.58. The topological polar surface area (TPSA) is 63.8 Å². The van der Waals surface area contributed by atoms with E-state index in [1.165, 1.54) is 18.4 Å². The van der Waals surface area contributed by atoms with Crippen LogP contribution in [0.4, 0.5) is 0 Å². The van der Waals surface area contributed by atoms with Crippen LogP contribution in [0, 0.1) is 0 Å². The van der Waals surface area contributed by atoms with Gasteiger partial charge in [0.1, 0.15) is 11.4 Å². The molecule has 2 heterocycles. The Hall–Kier alpha value is -2.53. The minimum Gasteiger partial charge on any atom is -0.390 e. The molecular formula is C18H20N4O. The Bertz CT molecular complexity index is 750. The van der Waals surface area contributed by atoms with Crippen molar-refractivity contribution < 1.29 is 5.11 Å². The third-order valence-electron chi connectivity index (χ3n) is 3.84. The molecule has 118 valence electrons. The van der Waals surface area contributed by atoms with E-state index in [1.54, 1.807) is 17.1 Å². The second-order valence-electron chi connectivity index (χ2n) is 5.46. The largest absolute Gasteiger partial charge is 0.390 e.